The van der Waals surface area contributed by atoms with E-state index in [2.05, 4.69) is 47.4 Å². The maximum Gasteiger partial charge on any atom is 0.0633 e. The number of piperazine rings is 1. The number of rotatable bonds is 5. The number of methoxy groups -OCH3 is 1. The van der Waals surface area contributed by atoms with Gasteiger partial charge in [0.15, 0.2) is 0 Å². The summed E-state index contributed by atoms with van der Waals surface area (Å²) in [6.45, 7) is 4.76. The molecule has 0 bridgehead atoms. The Bertz CT molecular complexity index is 398. The van der Waals surface area contributed by atoms with Gasteiger partial charge in [0, 0.05) is 65.5 Å². The van der Waals surface area contributed by atoms with Crippen molar-refractivity contribution in [2.75, 3.05) is 52.3 Å². The van der Waals surface area contributed by atoms with Crippen molar-refractivity contribution in [3.05, 3.63) is 29.8 Å². The van der Waals surface area contributed by atoms with Crippen molar-refractivity contribution in [3.63, 3.8) is 0 Å². The fraction of sp³-hybridized carbons (Fsp3) is 0.600. The van der Waals surface area contributed by atoms with Crippen molar-refractivity contribution in [2.45, 2.75) is 12.6 Å². The largest absolute Gasteiger partial charge is 0.390 e. The molecule has 0 aliphatic carbocycles. The summed E-state index contributed by atoms with van der Waals surface area (Å²) in [6.07, 6.45) is 0. The molecule has 1 aliphatic rings. The minimum Gasteiger partial charge on any atom is -0.390 e. The SMILES string of the molecule is COCC1CN(c2cc[c-]cc2CN(C)C)CCN1.[Y]. The molecule has 1 aromatic rings. The molecular weight excluding hydrogens is 327 g/mol. The van der Waals surface area contributed by atoms with Gasteiger partial charge in [-0.2, -0.15) is 18.2 Å². The number of benzene rings is 1. The summed E-state index contributed by atoms with van der Waals surface area (Å²) in [5.41, 5.74) is 2.67. The van der Waals surface area contributed by atoms with E-state index in [0.717, 1.165) is 32.8 Å². The van der Waals surface area contributed by atoms with Crippen LogP contribution in [0, 0.1) is 6.07 Å². The minimum atomic E-state index is 0. The van der Waals surface area contributed by atoms with Crippen molar-refractivity contribution in [1.29, 1.82) is 0 Å². The van der Waals surface area contributed by atoms with Crippen LogP contribution in [0.25, 0.3) is 0 Å². The third-order valence-corrected chi connectivity index (χ3v) is 3.37. The normalized spacial score (nSPS) is 19.0. The van der Waals surface area contributed by atoms with E-state index in [1.165, 1.54) is 11.3 Å². The van der Waals surface area contributed by atoms with Gasteiger partial charge in [0.05, 0.1) is 6.61 Å². The van der Waals surface area contributed by atoms with Crippen LogP contribution < -0.4 is 10.2 Å². The second-order valence-corrected chi connectivity index (χ2v) is 5.35. The van der Waals surface area contributed by atoms with Crippen LogP contribution in [-0.4, -0.2) is 58.4 Å². The number of ether oxygens (including phenoxy) is 1. The molecule has 1 aliphatic heterocycles. The van der Waals surface area contributed by atoms with E-state index in [4.69, 9.17) is 4.74 Å². The molecular formula is C15H24N3OY-. The Morgan fingerprint density at radius 3 is 3.00 bits per heavy atom. The smallest absolute Gasteiger partial charge is 0.0633 e. The zero-order chi connectivity index (χ0) is 13.7. The third-order valence-electron chi connectivity index (χ3n) is 3.37. The van der Waals surface area contributed by atoms with Gasteiger partial charge in [-0.25, -0.2) is 0 Å². The van der Waals surface area contributed by atoms with E-state index in [-0.39, 0.29) is 32.7 Å². The molecule has 1 N–H and O–H groups in total. The van der Waals surface area contributed by atoms with Gasteiger partial charge in [0.25, 0.3) is 0 Å². The van der Waals surface area contributed by atoms with Gasteiger partial charge in [0.1, 0.15) is 0 Å². The molecule has 1 saturated heterocycles. The van der Waals surface area contributed by atoms with Crippen molar-refractivity contribution < 1.29 is 37.4 Å². The van der Waals surface area contributed by atoms with Gasteiger partial charge >= 0.3 is 0 Å². The van der Waals surface area contributed by atoms with E-state index in [0.29, 0.717) is 6.04 Å². The van der Waals surface area contributed by atoms with E-state index >= 15 is 0 Å². The fourth-order valence-electron chi connectivity index (χ4n) is 2.59. The summed E-state index contributed by atoms with van der Waals surface area (Å²) in [5, 5.41) is 3.50. The summed E-state index contributed by atoms with van der Waals surface area (Å²) in [5.74, 6) is 0. The van der Waals surface area contributed by atoms with Gasteiger partial charge in [-0.15, -0.1) is 11.6 Å². The molecule has 1 aromatic carbocycles. The Hall–Kier alpha value is 0.00390. The minimum absolute atomic E-state index is 0. The van der Waals surface area contributed by atoms with Gasteiger partial charge in [-0.1, -0.05) is 5.69 Å². The number of nitrogens with zero attached hydrogens (tertiary/aromatic N) is 2. The molecule has 1 fully saturated rings. The molecule has 1 heterocycles. The number of nitrogens with one attached hydrogen (secondary N) is 1. The molecule has 0 amide bonds. The van der Waals surface area contributed by atoms with E-state index in [9.17, 15) is 0 Å². The first-order chi connectivity index (χ1) is 9.20. The Morgan fingerprint density at radius 2 is 2.30 bits per heavy atom. The van der Waals surface area contributed by atoms with Crippen LogP contribution in [0.15, 0.2) is 18.2 Å². The van der Waals surface area contributed by atoms with Crippen molar-refractivity contribution in [1.82, 2.24) is 10.2 Å². The molecule has 0 saturated carbocycles. The summed E-state index contributed by atoms with van der Waals surface area (Å²) in [7, 11) is 5.96. The van der Waals surface area contributed by atoms with E-state index in [1.54, 1.807) is 7.11 Å². The summed E-state index contributed by atoms with van der Waals surface area (Å²) < 4.78 is 5.26. The van der Waals surface area contributed by atoms with Crippen LogP contribution in [0.5, 0.6) is 0 Å². The van der Waals surface area contributed by atoms with Gasteiger partial charge in [-0.05, 0) is 20.6 Å². The molecule has 1 unspecified atom stereocenters. The topological polar surface area (TPSA) is 27.7 Å². The van der Waals surface area contributed by atoms with Crippen LogP contribution in [-0.2, 0) is 44.0 Å². The quantitative estimate of drug-likeness (QED) is 0.801. The molecule has 4 nitrogen and oxygen atoms in total. The predicted octanol–water partition coefficient (Wildman–Crippen LogP) is 0.970. The monoisotopic (exact) mass is 351 g/mol. The van der Waals surface area contributed by atoms with Crippen LogP contribution in [0.2, 0.25) is 0 Å². The average molecular weight is 351 g/mol. The van der Waals surface area contributed by atoms with Crippen LogP contribution in [0.4, 0.5) is 5.69 Å². The van der Waals surface area contributed by atoms with Gasteiger partial charge in [-0.3, -0.25) is 0 Å². The molecule has 0 spiro atoms. The standard InChI is InChI=1S/C15H24N3O.Y/c1-17(2)10-13-6-4-5-7-15(13)18-9-8-16-14(11-18)12-19-3;/h5-7,14,16H,8-12H2,1-3H3;/q-1;. The second-order valence-electron chi connectivity index (χ2n) is 5.35. The molecule has 109 valence electrons. The van der Waals surface area contributed by atoms with Crippen molar-refractivity contribution in [3.8, 4) is 0 Å². The Labute approximate surface area is 147 Å². The zero-order valence-corrected chi connectivity index (χ0v) is 15.6. The number of hydrogen-bond acceptors (Lipinski definition) is 4. The van der Waals surface area contributed by atoms with Gasteiger partial charge in [0.2, 0.25) is 0 Å². The Morgan fingerprint density at radius 1 is 1.50 bits per heavy atom. The molecule has 1 radical (unpaired) electrons. The predicted molar refractivity (Wildman–Crippen MR) is 78.5 cm³/mol. The maximum absolute atomic E-state index is 5.26. The van der Waals surface area contributed by atoms with E-state index in [1.807, 2.05) is 6.07 Å². The first-order valence-corrected chi connectivity index (χ1v) is 6.81. The molecule has 5 heteroatoms. The number of hydrogen-bond donors (Lipinski definition) is 1. The van der Waals surface area contributed by atoms with Crippen LogP contribution in [0.1, 0.15) is 5.56 Å². The molecule has 1 atom stereocenters. The third kappa shape index (κ3) is 5.08. The van der Waals surface area contributed by atoms with Crippen molar-refractivity contribution in [2.24, 2.45) is 0 Å². The van der Waals surface area contributed by atoms with Crippen LogP contribution >= 0.6 is 0 Å². The van der Waals surface area contributed by atoms with Gasteiger partial charge < -0.3 is 19.9 Å². The summed E-state index contributed by atoms with van der Waals surface area (Å²) in [6, 6.07) is 9.88. The Kier molecular flexibility index (Phi) is 8.22. The molecule has 20 heavy (non-hydrogen) atoms. The van der Waals surface area contributed by atoms with E-state index < -0.39 is 0 Å². The van der Waals surface area contributed by atoms with Crippen molar-refractivity contribution >= 4 is 5.69 Å². The molecule has 0 aromatic heterocycles. The first-order valence-electron chi connectivity index (χ1n) is 6.81. The maximum atomic E-state index is 5.26. The first kappa shape index (κ1) is 18.1. The molecule has 2 rings (SSSR count). The zero-order valence-electron chi connectivity index (χ0n) is 12.7. The fourth-order valence-corrected chi connectivity index (χ4v) is 2.59. The van der Waals surface area contributed by atoms with Crippen LogP contribution in [0.3, 0.4) is 0 Å². The average Bonchev–Trinajstić information content (AvgIpc) is 2.39. The number of anilines is 1. The summed E-state index contributed by atoms with van der Waals surface area (Å²) >= 11 is 0. The Balaban J connectivity index is 0.00000200. The second kappa shape index (κ2) is 9.11. The summed E-state index contributed by atoms with van der Waals surface area (Å²) in [4.78, 5) is 4.65.